The Kier molecular flexibility index (Phi) is 6.99. The van der Waals surface area contributed by atoms with E-state index in [1.54, 1.807) is 39.1 Å². The first-order chi connectivity index (χ1) is 12.8. The molecule has 0 unspecified atom stereocenters. The molecule has 1 aromatic heterocycles. The molecule has 146 valence electrons. The third-order valence-corrected chi connectivity index (χ3v) is 4.09. The number of ether oxygens (including phenoxy) is 1. The molecule has 8 nitrogen and oxygen atoms in total. The minimum atomic E-state index is -0.549. The summed E-state index contributed by atoms with van der Waals surface area (Å²) in [7, 11) is 0. The number of anilines is 1. The average Bonchev–Trinajstić information content (AvgIpc) is 2.63. The Hall–Kier alpha value is -2.82. The Bertz CT molecular complexity index is 708. The molecule has 2 rings (SSSR count). The van der Waals surface area contributed by atoms with Crippen LogP contribution in [0.2, 0.25) is 0 Å². The van der Waals surface area contributed by atoms with Crippen LogP contribution in [-0.2, 0) is 9.53 Å². The maximum absolute atomic E-state index is 12.4. The zero-order valence-corrected chi connectivity index (χ0v) is 16.1. The van der Waals surface area contributed by atoms with E-state index in [4.69, 9.17) is 4.74 Å². The van der Waals surface area contributed by atoms with Crippen molar-refractivity contribution in [1.82, 2.24) is 15.6 Å². The molecule has 1 aliphatic heterocycles. The van der Waals surface area contributed by atoms with E-state index < -0.39 is 11.7 Å². The third kappa shape index (κ3) is 6.44. The summed E-state index contributed by atoms with van der Waals surface area (Å²) in [5.41, 5.74) is -0.0350. The van der Waals surface area contributed by atoms with Gasteiger partial charge in [0.05, 0.1) is 11.5 Å². The number of nitrogens with one attached hydrogen (secondary N) is 2. The summed E-state index contributed by atoms with van der Waals surface area (Å²) in [6.45, 7) is 7.32. The molecule has 0 saturated carbocycles. The molecule has 0 aliphatic carbocycles. The number of alkyl carbamates (subject to hydrolysis) is 1. The third-order valence-electron chi connectivity index (χ3n) is 4.09. The van der Waals surface area contributed by atoms with Gasteiger partial charge in [-0.15, -0.1) is 0 Å². The van der Waals surface area contributed by atoms with E-state index in [2.05, 4.69) is 21.7 Å². The summed E-state index contributed by atoms with van der Waals surface area (Å²) < 4.78 is 5.14. The van der Waals surface area contributed by atoms with Gasteiger partial charge in [0.1, 0.15) is 17.5 Å². The first-order valence-electron chi connectivity index (χ1n) is 9.15. The van der Waals surface area contributed by atoms with E-state index in [9.17, 15) is 14.9 Å². The van der Waals surface area contributed by atoms with Crippen LogP contribution in [0, 0.1) is 17.2 Å². The number of carbonyl (C=O) groups excluding carboxylic acids is 2. The molecule has 1 atom stereocenters. The van der Waals surface area contributed by atoms with Crippen LogP contribution >= 0.6 is 0 Å². The Morgan fingerprint density at radius 2 is 2.11 bits per heavy atom. The van der Waals surface area contributed by atoms with E-state index in [-0.39, 0.29) is 11.8 Å². The molecule has 2 amide bonds. The van der Waals surface area contributed by atoms with Crippen LogP contribution in [0.3, 0.4) is 0 Å². The van der Waals surface area contributed by atoms with Crippen molar-refractivity contribution in [2.75, 3.05) is 31.1 Å². The summed E-state index contributed by atoms with van der Waals surface area (Å²) in [6, 6.07) is 5.61. The predicted octanol–water partition coefficient (Wildman–Crippen LogP) is 1.81. The summed E-state index contributed by atoms with van der Waals surface area (Å²) in [5, 5.41) is 14.7. The summed E-state index contributed by atoms with van der Waals surface area (Å²) in [6.07, 6.45) is 2.80. The van der Waals surface area contributed by atoms with Crippen molar-refractivity contribution in [3.8, 4) is 6.07 Å². The summed E-state index contributed by atoms with van der Waals surface area (Å²) in [5.74, 6) is 0.401. The zero-order chi connectivity index (χ0) is 19.9. The quantitative estimate of drug-likeness (QED) is 0.762. The highest BCUT2D eigenvalue weighted by molar-refractivity contribution is 5.79. The van der Waals surface area contributed by atoms with E-state index in [0.29, 0.717) is 31.0 Å². The van der Waals surface area contributed by atoms with E-state index in [0.717, 1.165) is 19.4 Å². The van der Waals surface area contributed by atoms with Crippen LogP contribution in [0.5, 0.6) is 0 Å². The lowest BCUT2D eigenvalue weighted by molar-refractivity contribution is -0.125. The molecular weight excluding hydrogens is 346 g/mol. The highest BCUT2D eigenvalue weighted by Gasteiger charge is 2.27. The van der Waals surface area contributed by atoms with E-state index >= 15 is 0 Å². The number of pyridine rings is 1. The largest absolute Gasteiger partial charge is 0.444 e. The van der Waals surface area contributed by atoms with Gasteiger partial charge >= 0.3 is 6.09 Å². The molecule has 8 heteroatoms. The SMILES string of the molecule is CC(C)(C)OC(=O)NCCNC(=O)[C@@H]1CCCN(c2ncccc2C#N)C1. The predicted molar refractivity (Wildman–Crippen MR) is 101 cm³/mol. The maximum atomic E-state index is 12.4. The number of hydrogen-bond acceptors (Lipinski definition) is 6. The van der Waals surface area contributed by atoms with Crippen LogP contribution in [-0.4, -0.2) is 48.8 Å². The highest BCUT2D eigenvalue weighted by atomic mass is 16.6. The van der Waals surface area contributed by atoms with Crippen molar-refractivity contribution >= 4 is 17.8 Å². The normalized spacial score (nSPS) is 17.0. The Morgan fingerprint density at radius 1 is 1.37 bits per heavy atom. The number of nitrogens with zero attached hydrogens (tertiary/aromatic N) is 3. The fourth-order valence-corrected chi connectivity index (χ4v) is 2.93. The smallest absolute Gasteiger partial charge is 0.407 e. The topological polar surface area (TPSA) is 107 Å². The fraction of sp³-hybridized carbons (Fsp3) is 0.579. The van der Waals surface area contributed by atoms with Crippen molar-refractivity contribution in [3.63, 3.8) is 0 Å². The molecule has 1 fully saturated rings. The average molecular weight is 373 g/mol. The minimum absolute atomic E-state index is 0.0554. The molecule has 1 saturated heterocycles. The van der Waals surface area contributed by atoms with Gasteiger partial charge in [0.15, 0.2) is 0 Å². The number of carbonyl (C=O) groups is 2. The molecule has 27 heavy (non-hydrogen) atoms. The first-order valence-corrected chi connectivity index (χ1v) is 9.15. The molecule has 0 aromatic carbocycles. The number of rotatable bonds is 5. The summed E-state index contributed by atoms with van der Waals surface area (Å²) in [4.78, 5) is 30.3. The van der Waals surface area contributed by atoms with Gasteiger partial charge in [-0.1, -0.05) is 0 Å². The van der Waals surface area contributed by atoms with Gasteiger partial charge in [0.2, 0.25) is 5.91 Å². The number of piperidine rings is 1. The number of hydrogen-bond donors (Lipinski definition) is 2. The molecule has 0 spiro atoms. The second-order valence-electron chi connectivity index (χ2n) is 7.49. The Balaban J connectivity index is 1.80. The van der Waals surface area contributed by atoms with Gasteiger partial charge in [-0.05, 0) is 45.7 Å². The van der Waals surface area contributed by atoms with Gasteiger partial charge in [-0.25, -0.2) is 9.78 Å². The van der Waals surface area contributed by atoms with Crippen molar-refractivity contribution in [3.05, 3.63) is 23.9 Å². The lowest BCUT2D eigenvalue weighted by Crippen LogP contribution is -2.45. The second-order valence-corrected chi connectivity index (χ2v) is 7.49. The van der Waals surface area contributed by atoms with Crippen molar-refractivity contribution < 1.29 is 14.3 Å². The van der Waals surface area contributed by atoms with Gasteiger partial charge < -0.3 is 20.3 Å². The lowest BCUT2D eigenvalue weighted by atomic mass is 9.97. The van der Waals surface area contributed by atoms with Gasteiger partial charge in [-0.3, -0.25) is 4.79 Å². The monoisotopic (exact) mass is 373 g/mol. The van der Waals surface area contributed by atoms with Crippen LogP contribution in [0.1, 0.15) is 39.2 Å². The standard InChI is InChI=1S/C19H27N5O3/c1-19(2,3)27-18(26)23-10-9-22-17(25)15-7-5-11-24(13-15)16-14(12-20)6-4-8-21-16/h4,6,8,15H,5,7,9-11,13H2,1-3H3,(H,22,25)(H,23,26)/t15-/m1/s1. The van der Waals surface area contributed by atoms with E-state index in [1.165, 1.54) is 0 Å². The molecule has 2 heterocycles. The second kappa shape index (κ2) is 9.21. The molecule has 0 bridgehead atoms. The number of aromatic nitrogens is 1. The number of nitriles is 1. The molecule has 0 radical (unpaired) electrons. The lowest BCUT2D eigenvalue weighted by Gasteiger charge is -2.33. The molecule has 1 aromatic rings. The Morgan fingerprint density at radius 3 is 2.81 bits per heavy atom. The van der Waals surface area contributed by atoms with Crippen LogP contribution in [0.25, 0.3) is 0 Å². The van der Waals surface area contributed by atoms with Crippen molar-refractivity contribution in [1.29, 1.82) is 5.26 Å². The Labute approximate surface area is 159 Å². The summed E-state index contributed by atoms with van der Waals surface area (Å²) >= 11 is 0. The van der Waals surface area contributed by atoms with Gasteiger partial charge in [0.25, 0.3) is 0 Å². The first kappa shape index (κ1) is 20.5. The molecular formula is C19H27N5O3. The molecule has 2 N–H and O–H groups in total. The van der Waals surface area contributed by atoms with Crippen LogP contribution in [0.15, 0.2) is 18.3 Å². The minimum Gasteiger partial charge on any atom is -0.444 e. The van der Waals surface area contributed by atoms with Crippen LogP contribution in [0.4, 0.5) is 10.6 Å². The van der Waals surface area contributed by atoms with Crippen LogP contribution < -0.4 is 15.5 Å². The fourth-order valence-electron chi connectivity index (χ4n) is 2.93. The highest BCUT2D eigenvalue weighted by Crippen LogP contribution is 2.24. The van der Waals surface area contributed by atoms with Crippen molar-refractivity contribution in [2.45, 2.75) is 39.2 Å². The van der Waals surface area contributed by atoms with E-state index in [1.807, 2.05) is 4.90 Å². The van der Waals surface area contributed by atoms with Gasteiger partial charge in [-0.2, -0.15) is 5.26 Å². The number of amides is 2. The zero-order valence-electron chi connectivity index (χ0n) is 16.1. The molecule has 1 aliphatic rings. The van der Waals surface area contributed by atoms with Gasteiger partial charge in [0, 0.05) is 32.4 Å². The van der Waals surface area contributed by atoms with Crippen molar-refractivity contribution in [2.24, 2.45) is 5.92 Å². The maximum Gasteiger partial charge on any atom is 0.407 e.